The summed E-state index contributed by atoms with van der Waals surface area (Å²) in [6.07, 6.45) is 0.760. The van der Waals surface area contributed by atoms with Crippen LogP contribution in [0.1, 0.15) is 33.6 Å². The van der Waals surface area contributed by atoms with E-state index in [0.29, 0.717) is 6.42 Å². The third-order valence-corrected chi connectivity index (χ3v) is 3.24. The van der Waals surface area contributed by atoms with Crippen molar-refractivity contribution in [3.05, 3.63) is 30.3 Å². The molecule has 0 fully saturated rings. The summed E-state index contributed by atoms with van der Waals surface area (Å²) in [5, 5.41) is 27.9. The zero-order valence-electron chi connectivity index (χ0n) is 12.6. The van der Waals surface area contributed by atoms with Crippen LogP contribution in [0.15, 0.2) is 0 Å². The lowest BCUT2D eigenvalue weighted by Crippen LogP contribution is -2.42. The lowest BCUT2D eigenvalue weighted by Gasteiger charge is -2.37. The quantitative estimate of drug-likeness (QED) is 0.382. The van der Waals surface area contributed by atoms with Crippen LogP contribution in [-0.4, -0.2) is 35.1 Å². The second-order valence-electron chi connectivity index (χ2n) is 5.69. The Labute approximate surface area is 125 Å². The Kier molecular flexibility index (Phi) is 7.25. The van der Waals surface area contributed by atoms with Gasteiger partial charge in [0.25, 0.3) is 15.3 Å². The van der Waals surface area contributed by atoms with Crippen molar-refractivity contribution in [2.75, 3.05) is 19.8 Å². The van der Waals surface area contributed by atoms with E-state index < -0.39 is 45.9 Å². The average Bonchev–Trinajstić information content (AvgIpc) is 2.40. The highest BCUT2D eigenvalue weighted by Crippen LogP contribution is 2.37. The highest BCUT2D eigenvalue weighted by Gasteiger charge is 2.39. The summed E-state index contributed by atoms with van der Waals surface area (Å²) in [4.78, 5) is 44.0. The first-order valence-electron chi connectivity index (χ1n) is 6.34. The summed E-state index contributed by atoms with van der Waals surface area (Å²) in [5.41, 5.74) is -1.83. The molecule has 0 aliphatic rings. The minimum atomic E-state index is -1.41. The molecule has 0 saturated heterocycles. The van der Waals surface area contributed by atoms with Gasteiger partial charge in [0.15, 0.2) is 0 Å². The molecule has 0 bridgehead atoms. The van der Waals surface area contributed by atoms with Gasteiger partial charge >= 0.3 is 0 Å². The third-order valence-electron chi connectivity index (χ3n) is 3.24. The molecule has 0 aliphatic carbocycles. The molecule has 0 amide bonds. The molecule has 0 rings (SSSR count). The van der Waals surface area contributed by atoms with Gasteiger partial charge in [0.1, 0.15) is 19.8 Å². The molecule has 0 radical (unpaired) electrons. The first-order chi connectivity index (χ1) is 10.0. The Morgan fingerprint density at radius 2 is 1.14 bits per heavy atom. The molecular formula is C10H19N3O9. The molecule has 0 unspecified atom stereocenters. The van der Waals surface area contributed by atoms with Crippen molar-refractivity contribution in [3.8, 4) is 0 Å². The topological polar surface area (TPSA) is 157 Å². The Hall–Kier alpha value is -2.40. The molecule has 0 aromatic heterocycles. The van der Waals surface area contributed by atoms with Crippen molar-refractivity contribution in [1.82, 2.24) is 0 Å². The van der Waals surface area contributed by atoms with Gasteiger partial charge in [-0.15, -0.1) is 30.3 Å². The van der Waals surface area contributed by atoms with Crippen LogP contribution in [0.2, 0.25) is 0 Å². The Balaban J connectivity index is 5.29. The predicted molar refractivity (Wildman–Crippen MR) is 70.0 cm³/mol. The third kappa shape index (κ3) is 8.01. The summed E-state index contributed by atoms with van der Waals surface area (Å²) in [5.74, 6) is 0. The lowest BCUT2D eigenvalue weighted by molar-refractivity contribution is -0.782. The van der Waals surface area contributed by atoms with E-state index in [1.807, 2.05) is 20.8 Å². The number of rotatable bonds is 12. The summed E-state index contributed by atoms with van der Waals surface area (Å²) in [6.45, 7) is 3.61. The van der Waals surface area contributed by atoms with Crippen LogP contribution in [0.25, 0.3) is 0 Å². The van der Waals surface area contributed by atoms with Gasteiger partial charge in [0.05, 0.1) is 0 Å². The van der Waals surface area contributed by atoms with Gasteiger partial charge in [-0.2, -0.15) is 0 Å². The summed E-state index contributed by atoms with van der Waals surface area (Å²) in [6, 6.07) is 0. The zero-order valence-corrected chi connectivity index (χ0v) is 12.6. The maximum absolute atomic E-state index is 10.4. The second kappa shape index (κ2) is 8.14. The number of hydrogen-bond acceptors (Lipinski definition) is 9. The van der Waals surface area contributed by atoms with E-state index in [1.165, 1.54) is 0 Å². The monoisotopic (exact) mass is 325 g/mol. The van der Waals surface area contributed by atoms with E-state index in [0.717, 1.165) is 0 Å². The van der Waals surface area contributed by atoms with E-state index in [1.54, 1.807) is 0 Å². The Morgan fingerprint density at radius 1 is 0.818 bits per heavy atom. The van der Waals surface area contributed by atoms with Crippen LogP contribution in [0.5, 0.6) is 0 Å². The van der Waals surface area contributed by atoms with Crippen LogP contribution in [-0.2, 0) is 14.5 Å². The van der Waals surface area contributed by atoms with Gasteiger partial charge in [-0.3, -0.25) is 0 Å². The molecular weight excluding hydrogens is 306 g/mol. The van der Waals surface area contributed by atoms with Gasteiger partial charge in [-0.05, 0) is 11.8 Å². The van der Waals surface area contributed by atoms with Gasteiger partial charge in [-0.1, -0.05) is 27.2 Å². The fourth-order valence-electron chi connectivity index (χ4n) is 1.99. The molecule has 12 heteroatoms. The first kappa shape index (κ1) is 19.6. The highest BCUT2D eigenvalue weighted by atomic mass is 17.0. The second-order valence-corrected chi connectivity index (χ2v) is 5.69. The van der Waals surface area contributed by atoms with E-state index in [4.69, 9.17) is 0 Å². The highest BCUT2D eigenvalue weighted by molar-refractivity contribution is 4.85. The summed E-state index contributed by atoms with van der Waals surface area (Å²) >= 11 is 0. The zero-order chi connectivity index (χ0) is 17.4. The lowest BCUT2D eigenvalue weighted by atomic mass is 9.72. The van der Waals surface area contributed by atoms with Crippen LogP contribution in [0, 0.1) is 41.2 Å². The summed E-state index contributed by atoms with van der Waals surface area (Å²) in [7, 11) is 0. The van der Waals surface area contributed by atoms with E-state index >= 15 is 0 Å². The standard InChI is InChI=1S/C10H19N3O9/c1-4-9(2,3)5-10(6-20-11(14)15,7-21-12(16)17)8-22-13(18)19/h4-8H2,1-3H3. The van der Waals surface area contributed by atoms with Crippen LogP contribution in [0.3, 0.4) is 0 Å². The van der Waals surface area contributed by atoms with Crippen LogP contribution < -0.4 is 0 Å². The molecule has 0 N–H and O–H groups in total. The molecule has 22 heavy (non-hydrogen) atoms. The SMILES string of the molecule is CCC(C)(C)CC(CO[N+](=O)[O-])(CO[N+](=O)[O-])CO[N+](=O)[O-]. The summed E-state index contributed by atoms with van der Waals surface area (Å²) < 4.78 is 0. The Morgan fingerprint density at radius 3 is 1.36 bits per heavy atom. The fraction of sp³-hybridized carbons (Fsp3) is 1.00. The molecule has 0 saturated carbocycles. The predicted octanol–water partition coefficient (Wildman–Crippen LogP) is 1.42. The molecule has 0 aromatic rings. The minimum Gasteiger partial charge on any atom is -0.313 e. The van der Waals surface area contributed by atoms with Crippen LogP contribution in [0.4, 0.5) is 0 Å². The molecule has 0 aromatic carbocycles. The van der Waals surface area contributed by atoms with E-state index in [-0.39, 0.29) is 6.42 Å². The van der Waals surface area contributed by atoms with Crippen molar-refractivity contribution in [2.24, 2.45) is 10.8 Å². The van der Waals surface area contributed by atoms with Gasteiger partial charge in [0.2, 0.25) is 0 Å². The normalized spacial score (nSPS) is 11.6. The van der Waals surface area contributed by atoms with E-state index in [2.05, 4.69) is 14.5 Å². The van der Waals surface area contributed by atoms with Gasteiger partial charge in [-0.25, -0.2) is 0 Å². The van der Waals surface area contributed by atoms with Crippen LogP contribution >= 0.6 is 0 Å². The molecule has 0 spiro atoms. The number of nitrogens with zero attached hydrogens (tertiary/aromatic N) is 3. The van der Waals surface area contributed by atoms with Crippen molar-refractivity contribution < 1.29 is 29.8 Å². The Bertz CT molecular complexity index is 367. The van der Waals surface area contributed by atoms with Gasteiger partial charge < -0.3 is 14.5 Å². The molecule has 0 atom stereocenters. The average molecular weight is 325 g/mol. The smallest absolute Gasteiger partial charge is 0.294 e. The van der Waals surface area contributed by atoms with Gasteiger partial charge in [0, 0.05) is 5.41 Å². The molecule has 0 aliphatic heterocycles. The van der Waals surface area contributed by atoms with Crippen molar-refractivity contribution in [2.45, 2.75) is 33.6 Å². The molecule has 0 heterocycles. The maximum atomic E-state index is 10.4. The van der Waals surface area contributed by atoms with Crippen molar-refractivity contribution >= 4 is 0 Å². The van der Waals surface area contributed by atoms with E-state index in [9.17, 15) is 30.3 Å². The van der Waals surface area contributed by atoms with Crippen molar-refractivity contribution in [3.63, 3.8) is 0 Å². The number of hydrogen-bond donors (Lipinski definition) is 0. The van der Waals surface area contributed by atoms with Crippen molar-refractivity contribution in [1.29, 1.82) is 0 Å². The minimum absolute atomic E-state index is 0.131. The largest absolute Gasteiger partial charge is 0.313 e. The molecule has 12 nitrogen and oxygen atoms in total. The maximum Gasteiger partial charge on any atom is 0.294 e. The first-order valence-corrected chi connectivity index (χ1v) is 6.34. The molecule has 128 valence electrons. The fourth-order valence-corrected chi connectivity index (χ4v) is 1.99.